The van der Waals surface area contributed by atoms with E-state index in [0.29, 0.717) is 12.3 Å². The molecule has 1 aliphatic heterocycles. The second-order valence-corrected chi connectivity index (χ2v) is 8.24. The van der Waals surface area contributed by atoms with Gasteiger partial charge in [-0.1, -0.05) is 0 Å². The molecule has 1 N–H and O–H groups in total. The Labute approximate surface area is 177 Å². The maximum atomic E-state index is 13.1. The van der Waals surface area contributed by atoms with E-state index in [0.717, 1.165) is 60.9 Å². The summed E-state index contributed by atoms with van der Waals surface area (Å²) >= 11 is 0. The smallest absolute Gasteiger partial charge is 0.225 e. The van der Waals surface area contributed by atoms with Crippen LogP contribution in [0.25, 0.3) is 0 Å². The van der Waals surface area contributed by atoms with Gasteiger partial charge in [-0.2, -0.15) is 0 Å². The Hall–Kier alpha value is -2.83. The molecule has 7 heteroatoms. The molecule has 4 rings (SSSR count). The maximum absolute atomic E-state index is 13.1. The molecule has 1 aliphatic carbocycles. The molecule has 0 bridgehead atoms. The van der Waals surface area contributed by atoms with Crippen LogP contribution >= 0.6 is 0 Å². The van der Waals surface area contributed by atoms with Crippen molar-refractivity contribution < 1.29 is 14.3 Å². The number of aryl methyl sites for hydroxylation is 3. The van der Waals surface area contributed by atoms with Crippen LogP contribution in [0.15, 0.2) is 18.2 Å². The highest BCUT2D eigenvalue weighted by Gasteiger charge is 2.31. The lowest BCUT2D eigenvalue weighted by Crippen LogP contribution is -2.44. The second-order valence-electron chi connectivity index (χ2n) is 8.24. The zero-order valence-corrected chi connectivity index (χ0v) is 18.2. The minimum absolute atomic E-state index is 0.0140. The average molecular weight is 411 g/mol. The van der Waals surface area contributed by atoms with Gasteiger partial charge in [-0.25, -0.2) is 9.97 Å². The van der Waals surface area contributed by atoms with Gasteiger partial charge in [0.25, 0.3) is 0 Å². The van der Waals surface area contributed by atoms with E-state index in [1.54, 1.807) is 14.2 Å². The third kappa shape index (κ3) is 4.06. The first-order valence-electron chi connectivity index (χ1n) is 10.6. The third-order valence-corrected chi connectivity index (χ3v) is 6.09. The van der Waals surface area contributed by atoms with Crippen LogP contribution < -0.4 is 19.7 Å². The summed E-state index contributed by atoms with van der Waals surface area (Å²) in [4.78, 5) is 24.4. The van der Waals surface area contributed by atoms with E-state index >= 15 is 0 Å². The van der Waals surface area contributed by atoms with Gasteiger partial charge >= 0.3 is 0 Å². The first kappa shape index (κ1) is 20.4. The zero-order valence-electron chi connectivity index (χ0n) is 18.2. The Balaban J connectivity index is 1.46. The predicted molar refractivity (Wildman–Crippen MR) is 115 cm³/mol. The average Bonchev–Trinajstić information content (AvgIpc) is 3.13. The number of nitrogens with zero attached hydrogens (tertiary/aromatic N) is 3. The molecule has 0 saturated carbocycles. The van der Waals surface area contributed by atoms with E-state index in [1.165, 1.54) is 5.56 Å². The fourth-order valence-corrected chi connectivity index (χ4v) is 4.59. The van der Waals surface area contributed by atoms with Gasteiger partial charge in [0.05, 0.1) is 26.2 Å². The first-order chi connectivity index (χ1) is 14.5. The number of amides is 1. The lowest BCUT2D eigenvalue weighted by Gasteiger charge is -2.33. The third-order valence-electron chi connectivity index (χ3n) is 6.09. The highest BCUT2D eigenvalue weighted by molar-refractivity contribution is 5.80. The van der Waals surface area contributed by atoms with Crippen LogP contribution in [-0.4, -0.2) is 43.2 Å². The minimum atomic E-state index is -0.0626. The molecule has 0 radical (unpaired) electrons. The van der Waals surface area contributed by atoms with Crippen molar-refractivity contribution in [3.05, 3.63) is 40.7 Å². The highest BCUT2D eigenvalue weighted by Crippen LogP contribution is 2.39. The van der Waals surface area contributed by atoms with Crippen LogP contribution in [0.4, 0.5) is 5.95 Å². The normalized spacial score (nSPS) is 20.6. The van der Waals surface area contributed by atoms with Crippen LogP contribution in [0.5, 0.6) is 11.5 Å². The topological polar surface area (TPSA) is 76.6 Å². The van der Waals surface area contributed by atoms with Crippen molar-refractivity contribution in [1.82, 2.24) is 15.3 Å². The molecule has 0 spiro atoms. The number of anilines is 1. The van der Waals surface area contributed by atoms with Gasteiger partial charge in [-0.05, 0) is 68.9 Å². The summed E-state index contributed by atoms with van der Waals surface area (Å²) in [6, 6.07) is 6.02. The van der Waals surface area contributed by atoms with Crippen LogP contribution in [0, 0.1) is 19.8 Å². The Bertz CT molecular complexity index is 926. The number of benzene rings is 1. The maximum Gasteiger partial charge on any atom is 0.225 e. The minimum Gasteiger partial charge on any atom is -0.493 e. The Morgan fingerprint density at radius 3 is 2.47 bits per heavy atom. The van der Waals surface area contributed by atoms with Crippen molar-refractivity contribution >= 4 is 11.9 Å². The van der Waals surface area contributed by atoms with E-state index in [2.05, 4.69) is 20.2 Å². The molecule has 1 aromatic heterocycles. The standard InChI is InChI=1S/C23H30N4O3/c1-14-10-15(2)25-23(24-14)27-9-5-6-17(13-27)22(28)26-19-8-7-16-11-20(29-3)21(30-4)12-18(16)19/h10-12,17,19H,5-9,13H2,1-4H3,(H,26,28)/t17-,19+/m0/s1. The molecule has 2 aromatic rings. The molecule has 30 heavy (non-hydrogen) atoms. The molecule has 7 nitrogen and oxygen atoms in total. The largest absolute Gasteiger partial charge is 0.493 e. The molecule has 0 unspecified atom stereocenters. The van der Waals surface area contributed by atoms with E-state index in [1.807, 2.05) is 32.0 Å². The van der Waals surface area contributed by atoms with E-state index in [4.69, 9.17) is 9.47 Å². The van der Waals surface area contributed by atoms with Gasteiger partial charge in [-0.15, -0.1) is 0 Å². The quantitative estimate of drug-likeness (QED) is 0.816. The number of carbonyl (C=O) groups excluding carboxylic acids is 1. The summed E-state index contributed by atoms with van der Waals surface area (Å²) in [6.07, 6.45) is 3.67. The Morgan fingerprint density at radius 2 is 1.77 bits per heavy atom. The van der Waals surface area contributed by atoms with Gasteiger partial charge in [0.15, 0.2) is 11.5 Å². The van der Waals surface area contributed by atoms with Crippen molar-refractivity contribution in [3.63, 3.8) is 0 Å². The highest BCUT2D eigenvalue weighted by atomic mass is 16.5. The van der Waals surface area contributed by atoms with Crippen molar-refractivity contribution in [2.45, 2.75) is 45.6 Å². The monoisotopic (exact) mass is 410 g/mol. The summed E-state index contributed by atoms with van der Waals surface area (Å²) < 4.78 is 10.9. The summed E-state index contributed by atoms with van der Waals surface area (Å²) in [7, 11) is 3.28. The van der Waals surface area contributed by atoms with E-state index in [-0.39, 0.29) is 17.9 Å². The molecule has 1 aromatic carbocycles. The van der Waals surface area contributed by atoms with Gasteiger partial charge in [-0.3, -0.25) is 4.79 Å². The number of hydrogen-bond donors (Lipinski definition) is 1. The lowest BCUT2D eigenvalue weighted by molar-refractivity contribution is -0.126. The molecule has 1 amide bonds. The molecule has 2 heterocycles. The number of piperidine rings is 1. The van der Waals surface area contributed by atoms with Crippen LogP contribution in [0.1, 0.15) is 47.8 Å². The van der Waals surface area contributed by atoms with Crippen LogP contribution in [0.2, 0.25) is 0 Å². The summed E-state index contributed by atoms with van der Waals surface area (Å²) in [5.41, 5.74) is 4.25. The molecule has 160 valence electrons. The van der Waals surface area contributed by atoms with Crippen molar-refractivity contribution in [3.8, 4) is 11.5 Å². The number of carbonyl (C=O) groups is 1. The number of fused-ring (bicyclic) bond motifs is 1. The van der Waals surface area contributed by atoms with Gasteiger partial charge in [0.1, 0.15) is 0 Å². The Morgan fingerprint density at radius 1 is 1.07 bits per heavy atom. The number of rotatable bonds is 5. The zero-order chi connectivity index (χ0) is 21.3. The Kier molecular flexibility index (Phi) is 5.79. The second kappa shape index (κ2) is 8.50. The number of methoxy groups -OCH3 is 2. The molecular weight excluding hydrogens is 380 g/mol. The number of aromatic nitrogens is 2. The summed E-state index contributed by atoms with van der Waals surface area (Å²) in [5, 5.41) is 3.29. The SMILES string of the molecule is COc1cc2c(cc1OC)[C@H](NC(=O)[C@H]1CCCN(c3nc(C)cc(C)n3)C1)CC2. The summed E-state index contributed by atoms with van der Waals surface area (Å²) in [5.74, 6) is 2.21. The van der Waals surface area contributed by atoms with Crippen molar-refractivity contribution in [2.75, 3.05) is 32.2 Å². The fourth-order valence-electron chi connectivity index (χ4n) is 4.59. The molecule has 2 atom stereocenters. The van der Waals surface area contributed by atoms with Crippen LogP contribution in [0.3, 0.4) is 0 Å². The van der Waals surface area contributed by atoms with E-state index in [9.17, 15) is 4.79 Å². The molecular formula is C23H30N4O3. The predicted octanol–water partition coefficient (Wildman–Crippen LogP) is 3.13. The fraction of sp³-hybridized carbons (Fsp3) is 0.522. The van der Waals surface area contributed by atoms with Crippen LogP contribution in [-0.2, 0) is 11.2 Å². The van der Waals surface area contributed by atoms with Gasteiger partial charge in [0.2, 0.25) is 11.9 Å². The van der Waals surface area contributed by atoms with E-state index < -0.39 is 0 Å². The first-order valence-corrected chi connectivity index (χ1v) is 10.6. The van der Waals surface area contributed by atoms with Gasteiger partial charge in [0, 0.05) is 24.5 Å². The van der Waals surface area contributed by atoms with Crippen molar-refractivity contribution in [1.29, 1.82) is 0 Å². The summed E-state index contributed by atoms with van der Waals surface area (Å²) in [6.45, 7) is 5.50. The lowest BCUT2D eigenvalue weighted by atomic mass is 9.96. The number of hydrogen-bond acceptors (Lipinski definition) is 6. The van der Waals surface area contributed by atoms with Crippen molar-refractivity contribution in [2.24, 2.45) is 5.92 Å². The number of ether oxygens (including phenoxy) is 2. The number of nitrogens with one attached hydrogen (secondary N) is 1. The van der Waals surface area contributed by atoms with Gasteiger partial charge < -0.3 is 19.7 Å². The molecule has 2 aliphatic rings. The molecule has 1 saturated heterocycles. The molecule has 1 fully saturated rings.